The van der Waals surface area contributed by atoms with Crippen LogP contribution in [-0.2, 0) is 0 Å². The summed E-state index contributed by atoms with van der Waals surface area (Å²) < 4.78 is 0. The Hall–Kier alpha value is -0.260. The van der Waals surface area contributed by atoms with Crippen molar-refractivity contribution in [3.8, 4) is 0 Å². The van der Waals surface area contributed by atoms with E-state index in [0.717, 1.165) is 5.92 Å². The largest absolute Gasteiger partial charge is 0.0911 e. The van der Waals surface area contributed by atoms with Crippen LogP contribution in [0.15, 0.2) is 12.2 Å². The Morgan fingerprint density at radius 3 is 2.18 bits per heavy atom. The fourth-order valence-corrected chi connectivity index (χ4v) is 1.20. The third-order valence-corrected chi connectivity index (χ3v) is 1.98. The monoisotopic (exact) mass is 154 g/mol. The van der Waals surface area contributed by atoms with Crippen molar-refractivity contribution in [1.82, 2.24) is 0 Å². The molecule has 0 atom stereocenters. The standard InChI is InChI=1S/C11H22/c1-6-8-11(4,5)9-7-10(2)3/h6,8,10H,7,9H2,1-5H3. The van der Waals surface area contributed by atoms with E-state index in [4.69, 9.17) is 0 Å². The molecule has 0 amide bonds. The molecule has 66 valence electrons. The van der Waals surface area contributed by atoms with Crippen molar-refractivity contribution >= 4 is 0 Å². The number of rotatable bonds is 4. The van der Waals surface area contributed by atoms with Crippen molar-refractivity contribution in [3.63, 3.8) is 0 Å². The maximum Gasteiger partial charge on any atom is -0.0175 e. The Morgan fingerprint density at radius 2 is 1.82 bits per heavy atom. The van der Waals surface area contributed by atoms with E-state index in [9.17, 15) is 0 Å². The van der Waals surface area contributed by atoms with Gasteiger partial charge in [-0.1, -0.05) is 46.3 Å². The maximum atomic E-state index is 2.30. The van der Waals surface area contributed by atoms with E-state index in [0.29, 0.717) is 5.41 Å². The molecule has 11 heavy (non-hydrogen) atoms. The second-order valence-corrected chi connectivity index (χ2v) is 4.42. The van der Waals surface area contributed by atoms with Crippen molar-refractivity contribution in [1.29, 1.82) is 0 Å². The minimum absolute atomic E-state index is 0.402. The van der Waals surface area contributed by atoms with Crippen LogP contribution < -0.4 is 0 Å². The fraction of sp³-hybridized carbons (Fsp3) is 0.818. The summed E-state index contributed by atoms with van der Waals surface area (Å²) in [6.07, 6.45) is 7.09. The van der Waals surface area contributed by atoms with Crippen molar-refractivity contribution in [2.24, 2.45) is 11.3 Å². The predicted octanol–water partition coefficient (Wildman–Crippen LogP) is 4.02. The molecule has 0 saturated carbocycles. The van der Waals surface area contributed by atoms with Crippen LogP contribution in [-0.4, -0.2) is 0 Å². The molecule has 0 bridgehead atoms. The number of hydrogen-bond acceptors (Lipinski definition) is 0. The molecule has 0 radical (unpaired) electrons. The second-order valence-electron chi connectivity index (χ2n) is 4.42. The van der Waals surface area contributed by atoms with Crippen LogP contribution in [0.1, 0.15) is 47.5 Å². The molecule has 0 spiro atoms. The summed E-state index contributed by atoms with van der Waals surface area (Å²) in [5.41, 5.74) is 0.402. The molecule has 0 aromatic rings. The molecule has 0 aromatic heterocycles. The molecule has 0 rings (SSSR count). The fourth-order valence-electron chi connectivity index (χ4n) is 1.20. The van der Waals surface area contributed by atoms with E-state index in [-0.39, 0.29) is 0 Å². The molecular formula is C11H22. The van der Waals surface area contributed by atoms with Crippen LogP contribution >= 0.6 is 0 Å². The molecule has 0 saturated heterocycles. The highest BCUT2D eigenvalue weighted by molar-refractivity contribution is 4.92. The first-order chi connectivity index (χ1) is 4.98. The van der Waals surface area contributed by atoms with Crippen LogP contribution in [0.4, 0.5) is 0 Å². The lowest BCUT2D eigenvalue weighted by molar-refractivity contribution is 0.383. The van der Waals surface area contributed by atoms with Gasteiger partial charge in [0.05, 0.1) is 0 Å². The molecule has 0 heteroatoms. The molecule has 0 aromatic carbocycles. The first kappa shape index (κ1) is 10.7. The lowest BCUT2D eigenvalue weighted by Gasteiger charge is -2.20. The van der Waals surface area contributed by atoms with Gasteiger partial charge in [0.1, 0.15) is 0 Å². The summed E-state index contributed by atoms with van der Waals surface area (Å²) in [6, 6.07) is 0. The maximum absolute atomic E-state index is 2.30. The van der Waals surface area contributed by atoms with E-state index in [1.54, 1.807) is 0 Å². The van der Waals surface area contributed by atoms with Crippen molar-refractivity contribution in [2.75, 3.05) is 0 Å². The Balaban J connectivity index is 3.72. The smallest absolute Gasteiger partial charge is 0.0175 e. The zero-order valence-corrected chi connectivity index (χ0v) is 8.65. The van der Waals surface area contributed by atoms with Gasteiger partial charge in [0.25, 0.3) is 0 Å². The summed E-state index contributed by atoms with van der Waals surface area (Å²) in [4.78, 5) is 0. The number of allylic oxidation sites excluding steroid dienone is 2. The third kappa shape index (κ3) is 6.15. The topological polar surface area (TPSA) is 0 Å². The molecule has 0 unspecified atom stereocenters. The SMILES string of the molecule is CC=CC(C)(C)CCC(C)C. The van der Waals surface area contributed by atoms with Gasteiger partial charge in [-0.15, -0.1) is 0 Å². The Kier molecular flexibility index (Phi) is 4.48. The molecule has 0 aliphatic rings. The Bertz CT molecular complexity index is 118. The summed E-state index contributed by atoms with van der Waals surface area (Å²) in [7, 11) is 0. The van der Waals surface area contributed by atoms with Crippen LogP contribution in [0.5, 0.6) is 0 Å². The molecule has 0 N–H and O–H groups in total. The lowest BCUT2D eigenvalue weighted by Crippen LogP contribution is -2.08. The molecular weight excluding hydrogens is 132 g/mol. The molecule has 0 fully saturated rings. The van der Waals surface area contributed by atoms with Crippen molar-refractivity contribution in [2.45, 2.75) is 47.5 Å². The molecule has 0 aliphatic carbocycles. The zero-order chi connectivity index (χ0) is 8.91. The predicted molar refractivity (Wildman–Crippen MR) is 52.7 cm³/mol. The van der Waals surface area contributed by atoms with Crippen LogP contribution in [0.25, 0.3) is 0 Å². The van der Waals surface area contributed by atoms with Crippen LogP contribution in [0.2, 0.25) is 0 Å². The first-order valence-electron chi connectivity index (χ1n) is 4.62. The van der Waals surface area contributed by atoms with Gasteiger partial charge in [0, 0.05) is 0 Å². The van der Waals surface area contributed by atoms with Crippen molar-refractivity contribution in [3.05, 3.63) is 12.2 Å². The van der Waals surface area contributed by atoms with Crippen LogP contribution in [0.3, 0.4) is 0 Å². The van der Waals surface area contributed by atoms with Gasteiger partial charge in [0.15, 0.2) is 0 Å². The highest BCUT2D eigenvalue weighted by Gasteiger charge is 2.13. The second kappa shape index (κ2) is 4.58. The third-order valence-electron chi connectivity index (χ3n) is 1.98. The average Bonchev–Trinajstić information content (AvgIpc) is 1.84. The quantitative estimate of drug-likeness (QED) is 0.536. The molecule has 0 nitrogen and oxygen atoms in total. The number of hydrogen-bond donors (Lipinski definition) is 0. The van der Waals surface area contributed by atoms with Crippen molar-refractivity contribution < 1.29 is 0 Å². The van der Waals surface area contributed by atoms with E-state index in [1.807, 2.05) is 0 Å². The summed E-state index contributed by atoms with van der Waals surface area (Å²) in [5, 5.41) is 0. The van der Waals surface area contributed by atoms with E-state index >= 15 is 0 Å². The first-order valence-corrected chi connectivity index (χ1v) is 4.62. The van der Waals surface area contributed by atoms with E-state index < -0.39 is 0 Å². The van der Waals surface area contributed by atoms with E-state index in [2.05, 4.69) is 46.8 Å². The van der Waals surface area contributed by atoms with Gasteiger partial charge in [0.2, 0.25) is 0 Å². The van der Waals surface area contributed by atoms with Gasteiger partial charge in [-0.2, -0.15) is 0 Å². The lowest BCUT2D eigenvalue weighted by atomic mass is 9.85. The Morgan fingerprint density at radius 1 is 1.27 bits per heavy atom. The summed E-state index contributed by atoms with van der Waals surface area (Å²) in [6.45, 7) is 11.3. The van der Waals surface area contributed by atoms with Gasteiger partial charge in [-0.05, 0) is 24.7 Å². The highest BCUT2D eigenvalue weighted by atomic mass is 14.2. The van der Waals surface area contributed by atoms with E-state index in [1.165, 1.54) is 12.8 Å². The minimum Gasteiger partial charge on any atom is -0.0911 e. The van der Waals surface area contributed by atoms with Gasteiger partial charge < -0.3 is 0 Å². The van der Waals surface area contributed by atoms with Gasteiger partial charge >= 0.3 is 0 Å². The molecule has 0 heterocycles. The van der Waals surface area contributed by atoms with Gasteiger partial charge in [-0.3, -0.25) is 0 Å². The van der Waals surface area contributed by atoms with Gasteiger partial charge in [-0.25, -0.2) is 0 Å². The minimum atomic E-state index is 0.402. The zero-order valence-electron chi connectivity index (χ0n) is 8.65. The van der Waals surface area contributed by atoms with Crippen LogP contribution in [0, 0.1) is 11.3 Å². The Labute approximate surface area is 71.7 Å². The normalized spacial score (nSPS) is 13.3. The summed E-state index contributed by atoms with van der Waals surface area (Å²) >= 11 is 0. The highest BCUT2D eigenvalue weighted by Crippen LogP contribution is 2.25. The molecule has 0 aliphatic heterocycles. The average molecular weight is 154 g/mol. The summed E-state index contributed by atoms with van der Waals surface area (Å²) in [5.74, 6) is 0.833.